The van der Waals surface area contributed by atoms with Crippen LogP contribution >= 0.6 is 23.8 Å². The van der Waals surface area contributed by atoms with Gasteiger partial charge in [-0.2, -0.15) is 0 Å². The minimum absolute atomic E-state index is 0.0103. The van der Waals surface area contributed by atoms with Crippen molar-refractivity contribution in [2.45, 2.75) is 19.0 Å². The van der Waals surface area contributed by atoms with E-state index in [4.69, 9.17) is 33.0 Å². The molecule has 2 aromatic carbocycles. The number of furan rings is 1. The maximum absolute atomic E-state index is 12.0. The largest absolute Gasteiger partial charge is 0.459 e. The molecule has 0 bridgehead atoms. The monoisotopic (exact) mass is 532 g/mol. The number of hydrogen-bond acceptors (Lipinski definition) is 5. The number of benzene rings is 2. The smallest absolute Gasteiger partial charge is 0.250 e. The van der Waals surface area contributed by atoms with Crippen molar-refractivity contribution in [3.05, 3.63) is 101 Å². The molecule has 0 aliphatic carbocycles. The molecule has 2 aromatic heterocycles. The van der Waals surface area contributed by atoms with Crippen LogP contribution in [0.3, 0.4) is 0 Å². The Morgan fingerprint density at radius 2 is 1.97 bits per heavy atom. The number of carbonyl (C=O) groups is 1. The maximum Gasteiger partial charge on any atom is 0.250 e. The van der Waals surface area contributed by atoms with Crippen LogP contribution in [0.15, 0.2) is 83.4 Å². The number of nitrogens with one attached hydrogen (secondary N) is 2. The van der Waals surface area contributed by atoms with Crippen molar-refractivity contribution in [3.8, 4) is 11.3 Å². The third kappa shape index (κ3) is 5.22. The van der Waals surface area contributed by atoms with Gasteiger partial charge in [0.2, 0.25) is 5.91 Å². The third-order valence-electron chi connectivity index (χ3n) is 6.18. The third-order valence-corrected chi connectivity index (χ3v) is 6.75. The van der Waals surface area contributed by atoms with Crippen molar-refractivity contribution in [2.75, 3.05) is 23.9 Å². The van der Waals surface area contributed by atoms with Crippen LogP contribution in [0.25, 0.3) is 11.3 Å². The lowest BCUT2D eigenvalue weighted by Crippen LogP contribution is -2.29. The van der Waals surface area contributed by atoms with Crippen LogP contribution in [0, 0.1) is 6.92 Å². The summed E-state index contributed by atoms with van der Waals surface area (Å²) in [5.41, 5.74) is 4.25. The number of methoxy groups -OCH3 is 1. The summed E-state index contributed by atoms with van der Waals surface area (Å²) >= 11 is 11.9. The van der Waals surface area contributed by atoms with Gasteiger partial charge in [0.1, 0.15) is 24.2 Å². The molecule has 1 aliphatic heterocycles. The predicted octanol–water partition coefficient (Wildman–Crippen LogP) is 6.07. The molecule has 9 heteroatoms. The summed E-state index contributed by atoms with van der Waals surface area (Å²) in [6.07, 6.45) is 1.77. The van der Waals surface area contributed by atoms with E-state index in [2.05, 4.69) is 15.6 Å². The Labute approximate surface area is 225 Å². The molecule has 1 saturated heterocycles. The fourth-order valence-electron chi connectivity index (χ4n) is 4.46. The summed E-state index contributed by atoms with van der Waals surface area (Å²) in [6, 6.07) is 22.5. The average molecular weight is 533 g/mol. The summed E-state index contributed by atoms with van der Waals surface area (Å²) < 4.78 is 11.3. The van der Waals surface area contributed by atoms with Crippen LogP contribution in [-0.2, 0) is 9.53 Å². The highest BCUT2D eigenvalue weighted by Crippen LogP contribution is 2.43. The number of anilines is 2. The van der Waals surface area contributed by atoms with E-state index in [1.807, 2.05) is 84.6 Å². The van der Waals surface area contributed by atoms with Crippen molar-refractivity contribution >= 4 is 46.2 Å². The molecule has 37 heavy (non-hydrogen) atoms. The van der Waals surface area contributed by atoms with Crippen LogP contribution < -0.4 is 15.5 Å². The molecule has 0 radical (unpaired) electrons. The van der Waals surface area contributed by atoms with E-state index in [9.17, 15) is 4.79 Å². The van der Waals surface area contributed by atoms with Gasteiger partial charge in [-0.15, -0.1) is 0 Å². The second-order valence-electron chi connectivity index (χ2n) is 8.69. The summed E-state index contributed by atoms with van der Waals surface area (Å²) in [5.74, 6) is 1.26. The van der Waals surface area contributed by atoms with Gasteiger partial charge >= 0.3 is 0 Å². The lowest BCUT2D eigenvalue weighted by molar-refractivity contribution is -0.119. The fourth-order valence-corrected chi connectivity index (χ4v) is 4.93. The van der Waals surface area contributed by atoms with Crippen LogP contribution in [-0.4, -0.2) is 29.7 Å². The number of nitrogens with zero attached hydrogens (tertiary/aromatic N) is 2. The van der Waals surface area contributed by atoms with Gasteiger partial charge < -0.3 is 24.7 Å². The zero-order valence-corrected chi connectivity index (χ0v) is 21.8. The minimum Gasteiger partial charge on any atom is -0.459 e. The molecule has 0 unspecified atom stereocenters. The standard InChI is InChI=1S/C28H25ClN4O3S/c1-17-15-20(10-11-21(17)31-25(34)16-35-2)33-27(26(32-28(33)37)22-5-3-4-14-30-22)24-13-12-23(36-24)18-6-8-19(29)9-7-18/h3-15,26-27H,16H2,1-2H3,(H,31,34)(H,32,37)/t26-,27-/m0/s1. The van der Waals surface area contributed by atoms with E-state index in [0.29, 0.717) is 15.8 Å². The minimum atomic E-state index is -0.295. The normalized spacial score (nSPS) is 17.1. The first-order valence-electron chi connectivity index (χ1n) is 11.7. The zero-order chi connectivity index (χ0) is 25.9. The molecular formula is C28H25ClN4O3S. The first-order chi connectivity index (χ1) is 17.9. The molecule has 0 saturated carbocycles. The number of aryl methyl sites for hydroxylation is 1. The number of halogens is 1. The predicted molar refractivity (Wildman–Crippen MR) is 149 cm³/mol. The molecule has 0 spiro atoms. The lowest BCUT2D eigenvalue weighted by Gasteiger charge is -2.26. The number of aromatic nitrogens is 1. The number of hydrogen-bond donors (Lipinski definition) is 2. The number of amides is 1. The number of ether oxygens (including phenoxy) is 1. The van der Waals surface area contributed by atoms with Gasteiger partial charge in [0.05, 0.1) is 11.7 Å². The molecule has 188 valence electrons. The van der Waals surface area contributed by atoms with Crippen molar-refractivity contribution in [1.29, 1.82) is 0 Å². The Morgan fingerprint density at radius 3 is 2.68 bits per heavy atom. The van der Waals surface area contributed by atoms with Gasteiger partial charge in [-0.05, 0) is 91.4 Å². The molecule has 5 rings (SSSR count). The number of pyridine rings is 1. The van der Waals surface area contributed by atoms with Crippen molar-refractivity contribution in [3.63, 3.8) is 0 Å². The molecule has 2 atom stereocenters. The van der Waals surface area contributed by atoms with Crippen molar-refractivity contribution in [2.24, 2.45) is 0 Å². The maximum atomic E-state index is 12.0. The van der Waals surface area contributed by atoms with E-state index >= 15 is 0 Å². The molecule has 4 aromatic rings. The molecular weight excluding hydrogens is 508 g/mol. The highest BCUT2D eigenvalue weighted by molar-refractivity contribution is 7.80. The highest BCUT2D eigenvalue weighted by Gasteiger charge is 2.42. The van der Waals surface area contributed by atoms with Crippen LogP contribution in [0.2, 0.25) is 5.02 Å². The Kier molecular flexibility index (Phi) is 7.23. The van der Waals surface area contributed by atoms with Crippen LogP contribution in [0.1, 0.15) is 29.1 Å². The average Bonchev–Trinajstić information content (AvgIpc) is 3.51. The van der Waals surface area contributed by atoms with Gasteiger partial charge in [-0.1, -0.05) is 17.7 Å². The van der Waals surface area contributed by atoms with E-state index in [1.165, 1.54) is 7.11 Å². The fraction of sp³-hybridized carbons (Fsp3) is 0.179. The molecule has 1 aliphatic rings. The van der Waals surface area contributed by atoms with Gasteiger partial charge in [0.25, 0.3) is 0 Å². The number of carbonyl (C=O) groups excluding carboxylic acids is 1. The number of rotatable bonds is 7. The zero-order valence-electron chi connectivity index (χ0n) is 20.3. The lowest BCUT2D eigenvalue weighted by atomic mass is 10.0. The van der Waals surface area contributed by atoms with Gasteiger partial charge in [0, 0.05) is 35.3 Å². The molecule has 1 amide bonds. The topological polar surface area (TPSA) is 79.6 Å². The van der Waals surface area contributed by atoms with E-state index in [-0.39, 0.29) is 24.6 Å². The van der Waals surface area contributed by atoms with E-state index in [1.54, 1.807) is 6.20 Å². The van der Waals surface area contributed by atoms with Gasteiger partial charge in [0.15, 0.2) is 5.11 Å². The Morgan fingerprint density at radius 1 is 1.16 bits per heavy atom. The molecule has 7 nitrogen and oxygen atoms in total. The van der Waals surface area contributed by atoms with Gasteiger partial charge in [-0.25, -0.2) is 0 Å². The first-order valence-corrected chi connectivity index (χ1v) is 12.5. The second kappa shape index (κ2) is 10.7. The summed E-state index contributed by atoms with van der Waals surface area (Å²) in [4.78, 5) is 18.7. The van der Waals surface area contributed by atoms with Crippen molar-refractivity contribution < 1.29 is 13.9 Å². The van der Waals surface area contributed by atoms with Gasteiger partial charge in [-0.3, -0.25) is 9.78 Å². The van der Waals surface area contributed by atoms with E-state index < -0.39 is 0 Å². The summed E-state index contributed by atoms with van der Waals surface area (Å²) in [6.45, 7) is 1.93. The summed E-state index contributed by atoms with van der Waals surface area (Å²) in [5, 5.41) is 7.53. The summed E-state index contributed by atoms with van der Waals surface area (Å²) in [7, 11) is 1.49. The highest BCUT2D eigenvalue weighted by atomic mass is 35.5. The van der Waals surface area contributed by atoms with Crippen LogP contribution in [0.5, 0.6) is 0 Å². The Bertz CT molecular complexity index is 1430. The SMILES string of the molecule is COCC(=O)Nc1ccc(N2C(=S)N[C@@H](c3ccccn3)[C@@H]2c2ccc(-c3ccc(Cl)cc3)o2)cc1C. The quantitative estimate of drug-likeness (QED) is 0.280. The first kappa shape index (κ1) is 25.0. The molecule has 1 fully saturated rings. The van der Waals surface area contributed by atoms with Crippen molar-refractivity contribution in [1.82, 2.24) is 10.3 Å². The number of thiocarbonyl (C=S) groups is 1. The second-order valence-corrected chi connectivity index (χ2v) is 9.51. The van der Waals surface area contributed by atoms with Crippen LogP contribution in [0.4, 0.5) is 11.4 Å². The molecule has 3 heterocycles. The Hall–Kier alpha value is -3.72. The molecule has 2 N–H and O–H groups in total. The Balaban J connectivity index is 1.53. The van der Waals surface area contributed by atoms with E-state index in [0.717, 1.165) is 34.0 Å².